The minimum absolute atomic E-state index is 0.326. The van der Waals surface area contributed by atoms with Crippen LogP contribution >= 0.6 is 0 Å². The molecule has 0 aliphatic rings. The van der Waals surface area contributed by atoms with E-state index in [1.807, 2.05) is 0 Å². The first-order valence-electron chi connectivity index (χ1n) is 5.33. The van der Waals surface area contributed by atoms with Crippen molar-refractivity contribution in [1.29, 1.82) is 0 Å². The van der Waals surface area contributed by atoms with Crippen molar-refractivity contribution in [3.63, 3.8) is 0 Å². The van der Waals surface area contributed by atoms with E-state index in [4.69, 9.17) is 4.74 Å². The number of rotatable bonds is 3. The first-order valence-corrected chi connectivity index (χ1v) is 5.33. The standard InChI is InChI=1S/C12H13N3O2/c1-4-9-6-7-10-13-8(3)11(15(10)14-9)12(16)17-5-2/h4,6-7H,1,5H2,2-3H3. The number of hydrogen-bond donors (Lipinski definition) is 0. The van der Waals surface area contributed by atoms with Gasteiger partial charge in [0.25, 0.3) is 0 Å². The van der Waals surface area contributed by atoms with Crippen molar-refractivity contribution < 1.29 is 9.53 Å². The van der Waals surface area contributed by atoms with Crippen LogP contribution in [-0.4, -0.2) is 27.2 Å². The molecule has 0 aliphatic heterocycles. The van der Waals surface area contributed by atoms with Gasteiger partial charge in [0.05, 0.1) is 18.0 Å². The van der Waals surface area contributed by atoms with E-state index in [0.29, 0.717) is 29.3 Å². The fourth-order valence-electron chi connectivity index (χ4n) is 1.60. The van der Waals surface area contributed by atoms with Crippen molar-refractivity contribution in [1.82, 2.24) is 14.6 Å². The molecule has 17 heavy (non-hydrogen) atoms. The normalized spacial score (nSPS) is 10.5. The monoisotopic (exact) mass is 231 g/mol. The zero-order valence-corrected chi connectivity index (χ0v) is 9.80. The molecular formula is C12H13N3O2. The van der Waals surface area contributed by atoms with Crippen LogP contribution < -0.4 is 0 Å². The average molecular weight is 231 g/mol. The van der Waals surface area contributed by atoms with E-state index >= 15 is 0 Å². The molecule has 0 saturated carbocycles. The predicted molar refractivity (Wildman–Crippen MR) is 63.8 cm³/mol. The summed E-state index contributed by atoms with van der Waals surface area (Å²) in [6.45, 7) is 7.49. The van der Waals surface area contributed by atoms with E-state index in [0.717, 1.165) is 0 Å². The van der Waals surface area contributed by atoms with E-state index in [2.05, 4.69) is 16.7 Å². The quantitative estimate of drug-likeness (QED) is 0.756. The van der Waals surface area contributed by atoms with E-state index in [1.165, 1.54) is 4.52 Å². The van der Waals surface area contributed by atoms with Gasteiger partial charge in [-0.1, -0.05) is 6.58 Å². The van der Waals surface area contributed by atoms with Gasteiger partial charge < -0.3 is 4.74 Å². The van der Waals surface area contributed by atoms with Crippen LogP contribution in [0.3, 0.4) is 0 Å². The molecule has 5 nitrogen and oxygen atoms in total. The topological polar surface area (TPSA) is 56.5 Å². The molecule has 2 aromatic rings. The number of aryl methyl sites for hydroxylation is 1. The highest BCUT2D eigenvalue weighted by atomic mass is 16.5. The maximum absolute atomic E-state index is 11.8. The Morgan fingerprint density at radius 3 is 3.00 bits per heavy atom. The molecule has 88 valence electrons. The van der Waals surface area contributed by atoms with E-state index in [9.17, 15) is 4.79 Å². The van der Waals surface area contributed by atoms with Gasteiger partial charge in [-0.2, -0.15) is 5.10 Å². The summed E-state index contributed by atoms with van der Waals surface area (Å²) in [5.41, 5.74) is 2.28. The Balaban J connectivity index is 2.63. The van der Waals surface area contributed by atoms with Crippen LogP contribution in [0, 0.1) is 6.92 Å². The van der Waals surface area contributed by atoms with E-state index < -0.39 is 5.97 Å². The Labute approximate surface area is 98.7 Å². The minimum Gasteiger partial charge on any atom is -0.461 e. The Morgan fingerprint density at radius 2 is 2.35 bits per heavy atom. The van der Waals surface area contributed by atoms with Crippen molar-refractivity contribution in [3.05, 3.63) is 35.8 Å². The Hall–Kier alpha value is -2.17. The van der Waals surface area contributed by atoms with Gasteiger partial charge >= 0.3 is 5.97 Å². The molecule has 0 saturated heterocycles. The number of fused-ring (bicyclic) bond motifs is 1. The maximum Gasteiger partial charge on any atom is 0.358 e. The molecule has 0 aliphatic carbocycles. The van der Waals surface area contributed by atoms with Crippen LogP contribution in [0.15, 0.2) is 18.7 Å². The smallest absolute Gasteiger partial charge is 0.358 e. The highest BCUT2D eigenvalue weighted by Crippen LogP contribution is 2.12. The molecule has 2 aromatic heterocycles. The minimum atomic E-state index is -0.411. The largest absolute Gasteiger partial charge is 0.461 e. The highest BCUT2D eigenvalue weighted by Gasteiger charge is 2.18. The Kier molecular flexibility index (Phi) is 2.91. The lowest BCUT2D eigenvalue weighted by atomic mass is 10.3. The fourth-order valence-corrected chi connectivity index (χ4v) is 1.60. The maximum atomic E-state index is 11.8. The fraction of sp³-hybridized carbons (Fsp3) is 0.250. The second-order valence-corrected chi connectivity index (χ2v) is 3.50. The number of imidazole rings is 1. The number of ether oxygens (including phenoxy) is 1. The Morgan fingerprint density at radius 1 is 1.59 bits per heavy atom. The molecule has 2 heterocycles. The van der Waals surface area contributed by atoms with Gasteiger partial charge in [0.1, 0.15) is 0 Å². The first kappa shape index (κ1) is 11.3. The molecule has 0 aromatic carbocycles. The third-order valence-corrected chi connectivity index (χ3v) is 2.35. The highest BCUT2D eigenvalue weighted by molar-refractivity contribution is 5.89. The van der Waals surface area contributed by atoms with Gasteiger partial charge in [-0.3, -0.25) is 0 Å². The van der Waals surface area contributed by atoms with Gasteiger partial charge in [-0.05, 0) is 32.1 Å². The predicted octanol–water partition coefficient (Wildman–Crippen LogP) is 1.86. The Bertz CT molecular complexity index is 587. The molecule has 0 radical (unpaired) electrons. The van der Waals surface area contributed by atoms with E-state index in [-0.39, 0.29) is 0 Å². The number of nitrogens with zero attached hydrogens (tertiary/aromatic N) is 3. The molecule has 2 rings (SSSR count). The summed E-state index contributed by atoms with van der Waals surface area (Å²) in [5, 5.41) is 4.25. The molecule has 0 bridgehead atoms. The van der Waals surface area contributed by atoms with Gasteiger partial charge in [-0.25, -0.2) is 14.3 Å². The van der Waals surface area contributed by atoms with Gasteiger partial charge in [-0.15, -0.1) is 0 Å². The summed E-state index contributed by atoms with van der Waals surface area (Å²) in [4.78, 5) is 16.0. The number of esters is 1. The van der Waals surface area contributed by atoms with Crippen LogP contribution in [0.5, 0.6) is 0 Å². The number of aromatic nitrogens is 3. The van der Waals surface area contributed by atoms with Crippen LogP contribution in [-0.2, 0) is 4.74 Å². The summed E-state index contributed by atoms with van der Waals surface area (Å²) >= 11 is 0. The van der Waals surface area contributed by atoms with Gasteiger partial charge in [0, 0.05) is 0 Å². The molecule has 0 amide bonds. The van der Waals surface area contributed by atoms with Crippen molar-refractivity contribution >= 4 is 17.7 Å². The van der Waals surface area contributed by atoms with Crippen molar-refractivity contribution in [2.75, 3.05) is 6.61 Å². The molecular weight excluding hydrogens is 218 g/mol. The van der Waals surface area contributed by atoms with Crippen molar-refractivity contribution in [2.45, 2.75) is 13.8 Å². The summed E-state index contributed by atoms with van der Waals surface area (Å²) in [6, 6.07) is 3.59. The van der Waals surface area contributed by atoms with Crippen molar-refractivity contribution in [3.8, 4) is 0 Å². The SMILES string of the molecule is C=Cc1ccc2nc(C)c(C(=O)OCC)n2n1. The second-order valence-electron chi connectivity index (χ2n) is 3.50. The summed E-state index contributed by atoms with van der Waals surface area (Å²) < 4.78 is 6.47. The first-order chi connectivity index (χ1) is 8.17. The molecule has 0 fully saturated rings. The van der Waals surface area contributed by atoms with Gasteiger partial charge in [0.15, 0.2) is 11.3 Å². The van der Waals surface area contributed by atoms with Crippen LogP contribution in [0.2, 0.25) is 0 Å². The molecule has 0 atom stereocenters. The zero-order valence-electron chi connectivity index (χ0n) is 9.80. The van der Waals surface area contributed by atoms with Crippen LogP contribution in [0.1, 0.15) is 28.8 Å². The lowest BCUT2D eigenvalue weighted by molar-refractivity contribution is 0.0516. The number of carbonyl (C=O) groups excluding carboxylic acids is 1. The average Bonchev–Trinajstić information content (AvgIpc) is 2.64. The van der Waals surface area contributed by atoms with Crippen molar-refractivity contribution in [2.24, 2.45) is 0 Å². The molecule has 5 heteroatoms. The van der Waals surface area contributed by atoms with Crippen LogP contribution in [0.25, 0.3) is 11.7 Å². The molecule has 0 spiro atoms. The number of hydrogen-bond acceptors (Lipinski definition) is 4. The third-order valence-electron chi connectivity index (χ3n) is 2.35. The lowest BCUT2D eigenvalue weighted by Crippen LogP contribution is -2.11. The molecule has 0 unspecified atom stereocenters. The lowest BCUT2D eigenvalue weighted by Gasteiger charge is -2.02. The third kappa shape index (κ3) is 1.91. The molecule has 0 N–H and O–H groups in total. The number of carbonyl (C=O) groups is 1. The zero-order chi connectivity index (χ0) is 12.4. The van der Waals surface area contributed by atoms with Crippen LogP contribution in [0.4, 0.5) is 0 Å². The summed E-state index contributed by atoms with van der Waals surface area (Å²) in [7, 11) is 0. The summed E-state index contributed by atoms with van der Waals surface area (Å²) in [6.07, 6.45) is 1.61. The van der Waals surface area contributed by atoms with Gasteiger partial charge in [0.2, 0.25) is 0 Å². The second kappa shape index (κ2) is 4.37. The summed E-state index contributed by atoms with van der Waals surface area (Å²) in [5.74, 6) is -0.411. The van der Waals surface area contributed by atoms with E-state index in [1.54, 1.807) is 32.1 Å².